The predicted molar refractivity (Wildman–Crippen MR) is 94.9 cm³/mol. The van der Waals surface area contributed by atoms with Crippen molar-refractivity contribution in [3.63, 3.8) is 0 Å². The number of aromatic amines is 1. The van der Waals surface area contributed by atoms with Crippen LogP contribution in [0.4, 0.5) is 4.39 Å². The summed E-state index contributed by atoms with van der Waals surface area (Å²) >= 11 is 11.7. The summed E-state index contributed by atoms with van der Waals surface area (Å²) in [5.41, 5.74) is 1.27. The minimum atomic E-state index is -0.366. The highest BCUT2D eigenvalue weighted by molar-refractivity contribution is 6.41. The number of benzene rings is 1. The van der Waals surface area contributed by atoms with Crippen LogP contribution in [0.1, 0.15) is 16.1 Å². The Morgan fingerprint density at radius 1 is 1.24 bits per heavy atom. The van der Waals surface area contributed by atoms with Gasteiger partial charge in [-0.2, -0.15) is 0 Å². The van der Waals surface area contributed by atoms with Crippen LogP contribution in [0.15, 0.2) is 24.3 Å². The minimum absolute atomic E-state index is 0.121. The van der Waals surface area contributed by atoms with Crippen LogP contribution in [-0.2, 0) is 6.54 Å². The quantitative estimate of drug-likeness (QED) is 0.876. The zero-order valence-corrected chi connectivity index (χ0v) is 15.2. The molecule has 1 aromatic heterocycles. The zero-order chi connectivity index (χ0) is 18.0. The molecule has 5 nitrogen and oxygen atoms in total. The van der Waals surface area contributed by atoms with Gasteiger partial charge in [0.05, 0.1) is 12.1 Å². The number of halogens is 3. The van der Waals surface area contributed by atoms with Crippen LogP contribution in [0.2, 0.25) is 10.2 Å². The molecule has 3 rings (SSSR count). The van der Waals surface area contributed by atoms with E-state index in [9.17, 15) is 9.18 Å². The zero-order valence-electron chi connectivity index (χ0n) is 13.7. The summed E-state index contributed by atoms with van der Waals surface area (Å²) < 4.78 is 18.7. The molecular weight excluding hydrogens is 368 g/mol. The topological polar surface area (TPSA) is 48.6 Å². The van der Waals surface area contributed by atoms with E-state index in [1.807, 2.05) is 6.07 Å². The third kappa shape index (κ3) is 4.08. The summed E-state index contributed by atoms with van der Waals surface area (Å²) in [4.78, 5) is 19.2. The molecule has 0 aliphatic carbocycles. The number of nitrogens with one attached hydrogen (secondary N) is 1. The largest absolute Gasteiger partial charge is 0.494 e. The van der Waals surface area contributed by atoms with Crippen LogP contribution >= 0.6 is 23.2 Å². The van der Waals surface area contributed by atoms with Crippen LogP contribution in [0.3, 0.4) is 0 Å². The number of hydrogen-bond donors (Lipinski definition) is 1. The van der Waals surface area contributed by atoms with Crippen molar-refractivity contribution < 1.29 is 13.9 Å². The number of nitrogens with zero attached hydrogens (tertiary/aromatic N) is 2. The summed E-state index contributed by atoms with van der Waals surface area (Å²) in [6, 6.07) is 6.50. The Balaban J connectivity index is 1.56. The lowest BCUT2D eigenvalue weighted by Gasteiger charge is -2.34. The number of piperazine rings is 1. The van der Waals surface area contributed by atoms with E-state index in [1.165, 1.54) is 13.2 Å². The molecule has 1 saturated heterocycles. The molecule has 1 N–H and O–H groups in total. The van der Waals surface area contributed by atoms with Crippen molar-refractivity contribution in [3.8, 4) is 5.75 Å². The van der Waals surface area contributed by atoms with Crippen molar-refractivity contribution in [1.29, 1.82) is 0 Å². The highest BCUT2D eigenvalue weighted by atomic mass is 35.5. The number of rotatable bonds is 4. The smallest absolute Gasteiger partial charge is 0.270 e. The van der Waals surface area contributed by atoms with Crippen molar-refractivity contribution in [2.45, 2.75) is 6.54 Å². The second kappa shape index (κ2) is 7.64. The number of carbonyl (C=O) groups is 1. The van der Waals surface area contributed by atoms with Crippen LogP contribution in [-0.4, -0.2) is 54.0 Å². The molecule has 2 heterocycles. The monoisotopic (exact) mass is 385 g/mol. The molecule has 2 aromatic rings. The molecule has 0 bridgehead atoms. The maximum absolute atomic E-state index is 13.8. The molecule has 25 heavy (non-hydrogen) atoms. The lowest BCUT2D eigenvalue weighted by atomic mass is 10.1. The first kappa shape index (κ1) is 18.0. The van der Waals surface area contributed by atoms with Gasteiger partial charge in [-0.05, 0) is 23.8 Å². The number of H-pyrrole nitrogens is 1. The van der Waals surface area contributed by atoms with E-state index >= 15 is 0 Å². The molecule has 0 unspecified atom stereocenters. The second-order valence-electron chi connectivity index (χ2n) is 5.88. The Morgan fingerprint density at radius 3 is 2.52 bits per heavy atom. The highest BCUT2D eigenvalue weighted by Gasteiger charge is 2.24. The van der Waals surface area contributed by atoms with Gasteiger partial charge in [0, 0.05) is 32.7 Å². The van der Waals surface area contributed by atoms with Gasteiger partial charge in [-0.1, -0.05) is 29.3 Å². The molecule has 0 atom stereocenters. The van der Waals surface area contributed by atoms with Crippen LogP contribution in [0, 0.1) is 5.82 Å². The Labute approximate surface area is 155 Å². The van der Waals surface area contributed by atoms with Crippen molar-refractivity contribution >= 4 is 29.1 Å². The van der Waals surface area contributed by atoms with Gasteiger partial charge in [-0.3, -0.25) is 9.69 Å². The van der Waals surface area contributed by atoms with E-state index in [0.717, 1.165) is 5.56 Å². The first-order valence-electron chi connectivity index (χ1n) is 7.86. The number of amides is 1. The average molecular weight is 386 g/mol. The molecule has 1 aliphatic heterocycles. The number of hydrogen-bond acceptors (Lipinski definition) is 3. The first-order valence-corrected chi connectivity index (χ1v) is 8.61. The molecule has 1 fully saturated rings. The Hall–Kier alpha value is -1.76. The normalized spacial score (nSPS) is 15.4. The lowest BCUT2D eigenvalue weighted by molar-refractivity contribution is 0.0623. The van der Waals surface area contributed by atoms with Gasteiger partial charge in [-0.15, -0.1) is 0 Å². The third-order valence-corrected chi connectivity index (χ3v) is 4.93. The summed E-state index contributed by atoms with van der Waals surface area (Å²) in [5.74, 6) is -0.249. The molecular formula is C17H18Cl2FN3O2. The minimum Gasteiger partial charge on any atom is -0.494 e. The Kier molecular flexibility index (Phi) is 5.51. The van der Waals surface area contributed by atoms with E-state index in [-0.39, 0.29) is 22.6 Å². The van der Waals surface area contributed by atoms with Crippen molar-refractivity contribution in [1.82, 2.24) is 14.8 Å². The predicted octanol–water partition coefficient (Wildman–Crippen LogP) is 3.43. The molecule has 8 heteroatoms. The number of ether oxygens (including phenoxy) is 1. The van der Waals surface area contributed by atoms with Gasteiger partial charge < -0.3 is 14.6 Å². The van der Waals surface area contributed by atoms with Crippen molar-refractivity contribution in [2.24, 2.45) is 0 Å². The lowest BCUT2D eigenvalue weighted by Crippen LogP contribution is -2.48. The van der Waals surface area contributed by atoms with E-state index in [2.05, 4.69) is 9.88 Å². The summed E-state index contributed by atoms with van der Waals surface area (Å²) in [5, 5.41) is 0.607. The molecule has 134 valence electrons. The maximum Gasteiger partial charge on any atom is 0.270 e. The molecule has 0 radical (unpaired) electrons. The Morgan fingerprint density at radius 2 is 1.96 bits per heavy atom. The number of methoxy groups -OCH3 is 1. The van der Waals surface area contributed by atoms with Crippen molar-refractivity contribution in [2.75, 3.05) is 33.3 Å². The first-order chi connectivity index (χ1) is 12.0. The van der Waals surface area contributed by atoms with Crippen LogP contribution in [0.5, 0.6) is 5.75 Å². The molecule has 1 amide bonds. The second-order valence-corrected chi connectivity index (χ2v) is 6.67. The van der Waals surface area contributed by atoms with E-state index in [1.54, 1.807) is 17.0 Å². The fourth-order valence-corrected chi connectivity index (χ4v) is 3.18. The van der Waals surface area contributed by atoms with E-state index < -0.39 is 0 Å². The van der Waals surface area contributed by atoms with E-state index in [0.29, 0.717) is 43.4 Å². The highest BCUT2D eigenvalue weighted by Crippen LogP contribution is 2.23. The van der Waals surface area contributed by atoms with Gasteiger partial charge in [0.2, 0.25) is 0 Å². The van der Waals surface area contributed by atoms with Gasteiger partial charge in [-0.25, -0.2) is 4.39 Å². The van der Waals surface area contributed by atoms with Gasteiger partial charge in [0.25, 0.3) is 5.91 Å². The molecule has 1 aromatic carbocycles. The summed E-state index contributed by atoms with van der Waals surface area (Å²) in [7, 11) is 1.44. The van der Waals surface area contributed by atoms with Crippen molar-refractivity contribution in [3.05, 3.63) is 51.5 Å². The van der Waals surface area contributed by atoms with Crippen LogP contribution in [0.25, 0.3) is 0 Å². The Bertz CT molecular complexity index is 754. The standard InChI is InChI=1S/C17H18Cl2FN3O2/c1-25-15-3-2-11(8-13(15)20)10-22-4-6-23(7-5-22)17(24)14-9-12(18)16(19)21-14/h2-3,8-9,21H,4-7,10H2,1H3. The van der Waals surface area contributed by atoms with Gasteiger partial charge >= 0.3 is 0 Å². The summed E-state index contributed by atoms with van der Waals surface area (Å²) in [6.07, 6.45) is 0. The fourth-order valence-electron chi connectivity index (χ4n) is 2.87. The number of aromatic nitrogens is 1. The maximum atomic E-state index is 13.8. The van der Waals surface area contributed by atoms with Crippen LogP contribution < -0.4 is 4.74 Å². The van der Waals surface area contributed by atoms with Gasteiger partial charge in [0.15, 0.2) is 11.6 Å². The third-order valence-electron chi connectivity index (χ3n) is 4.24. The number of carbonyl (C=O) groups excluding carboxylic acids is 1. The molecule has 1 aliphatic rings. The molecule has 0 saturated carbocycles. The van der Waals surface area contributed by atoms with E-state index in [4.69, 9.17) is 27.9 Å². The SMILES string of the molecule is COc1ccc(CN2CCN(C(=O)c3cc(Cl)c(Cl)[nH]3)CC2)cc1F. The summed E-state index contributed by atoms with van der Waals surface area (Å²) in [6.45, 7) is 3.23. The fraction of sp³-hybridized carbons (Fsp3) is 0.353. The molecule has 0 spiro atoms. The average Bonchev–Trinajstić information content (AvgIpc) is 2.94. The van der Waals surface area contributed by atoms with Gasteiger partial charge in [0.1, 0.15) is 10.8 Å².